The molecule has 4 heteroatoms. The second-order valence-electron chi connectivity index (χ2n) is 4.81. The quantitative estimate of drug-likeness (QED) is 0.871. The Morgan fingerprint density at radius 1 is 1.11 bits per heavy atom. The summed E-state index contributed by atoms with van der Waals surface area (Å²) < 4.78 is 16.2. The molecule has 2 N–H and O–H groups in total. The maximum Gasteiger partial charge on any atom is 0.129 e. The van der Waals surface area contributed by atoms with Crippen molar-refractivity contribution < 1.29 is 14.2 Å². The Labute approximate surface area is 108 Å². The summed E-state index contributed by atoms with van der Waals surface area (Å²) in [5, 5.41) is 0. The van der Waals surface area contributed by atoms with Crippen molar-refractivity contribution in [2.75, 3.05) is 21.3 Å². The second kappa shape index (κ2) is 5.06. The summed E-state index contributed by atoms with van der Waals surface area (Å²) in [7, 11) is 4.97. The molecule has 0 saturated heterocycles. The third-order valence-corrected chi connectivity index (χ3v) is 3.64. The van der Waals surface area contributed by atoms with E-state index in [1.807, 2.05) is 19.1 Å². The maximum absolute atomic E-state index is 5.96. The van der Waals surface area contributed by atoms with Gasteiger partial charge in [-0.25, -0.2) is 0 Å². The number of benzene rings is 1. The Hall–Kier alpha value is -1.42. The van der Waals surface area contributed by atoms with Gasteiger partial charge in [0.2, 0.25) is 0 Å². The predicted octanol–water partition coefficient (Wildman–Crippen LogP) is 2.16. The molecule has 1 aromatic rings. The first-order valence-electron chi connectivity index (χ1n) is 6.17. The van der Waals surface area contributed by atoms with Crippen LogP contribution in [0.25, 0.3) is 0 Å². The van der Waals surface area contributed by atoms with Gasteiger partial charge >= 0.3 is 0 Å². The van der Waals surface area contributed by atoms with E-state index in [-0.39, 0.29) is 6.04 Å². The zero-order valence-electron chi connectivity index (χ0n) is 11.4. The van der Waals surface area contributed by atoms with Crippen LogP contribution in [-0.2, 0) is 0 Å². The van der Waals surface area contributed by atoms with E-state index in [0.29, 0.717) is 11.8 Å². The van der Waals surface area contributed by atoms with E-state index in [2.05, 4.69) is 0 Å². The third kappa shape index (κ3) is 2.25. The van der Waals surface area contributed by atoms with Crippen molar-refractivity contribution in [2.24, 2.45) is 11.7 Å². The molecule has 18 heavy (non-hydrogen) atoms. The van der Waals surface area contributed by atoms with Crippen molar-refractivity contribution in [1.82, 2.24) is 0 Å². The van der Waals surface area contributed by atoms with Gasteiger partial charge in [-0.3, -0.25) is 0 Å². The first-order valence-corrected chi connectivity index (χ1v) is 6.17. The van der Waals surface area contributed by atoms with Crippen molar-refractivity contribution in [3.05, 3.63) is 17.7 Å². The second-order valence-corrected chi connectivity index (χ2v) is 4.81. The Morgan fingerprint density at radius 3 is 2.00 bits per heavy atom. The molecular formula is C14H21NO3. The highest BCUT2D eigenvalue weighted by Gasteiger charge is 2.44. The van der Waals surface area contributed by atoms with Crippen molar-refractivity contribution in [3.8, 4) is 17.2 Å². The van der Waals surface area contributed by atoms with Gasteiger partial charge < -0.3 is 19.9 Å². The summed E-state index contributed by atoms with van der Waals surface area (Å²) in [4.78, 5) is 0. The zero-order valence-corrected chi connectivity index (χ0v) is 11.4. The van der Waals surface area contributed by atoms with E-state index < -0.39 is 0 Å². The molecule has 1 fully saturated rings. The largest absolute Gasteiger partial charge is 0.496 e. The van der Waals surface area contributed by atoms with Gasteiger partial charge in [0.1, 0.15) is 17.2 Å². The molecule has 2 rings (SSSR count). The number of nitrogens with two attached hydrogens (primary N) is 1. The Balaban J connectivity index is 2.39. The van der Waals surface area contributed by atoms with Crippen LogP contribution in [-0.4, -0.2) is 27.4 Å². The van der Waals surface area contributed by atoms with Crippen LogP contribution in [0.3, 0.4) is 0 Å². The van der Waals surface area contributed by atoms with Crippen molar-refractivity contribution in [1.29, 1.82) is 0 Å². The number of rotatable bonds is 5. The van der Waals surface area contributed by atoms with Gasteiger partial charge in [-0.1, -0.05) is 0 Å². The van der Waals surface area contributed by atoms with Crippen LogP contribution in [0.1, 0.15) is 24.8 Å². The van der Waals surface area contributed by atoms with Gasteiger partial charge in [0.15, 0.2) is 0 Å². The molecule has 1 aliphatic carbocycles. The van der Waals surface area contributed by atoms with E-state index in [0.717, 1.165) is 29.2 Å². The fraction of sp³-hybridized carbons (Fsp3) is 0.571. The van der Waals surface area contributed by atoms with Crippen LogP contribution in [0.4, 0.5) is 0 Å². The van der Waals surface area contributed by atoms with Crippen LogP contribution in [0.15, 0.2) is 12.1 Å². The SMILES string of the molecule is COc1cc(OC)c([C@@H]2C[C@@H]2[C@H](C)N)c(OC)c1. The number of methoxy groups -OCH3 is 3. The van der Waals surface area contributed by atoms with E-state index in [1.54, 1.807) is 21.3 Å². The number of hydrogen-bond donors (Lipinski definition) is 1. The van der Waals surface area contributed by atoms with Crippen molar-refractivity contribution >= 4 is 0 Å². The normalized spacial score (nSPS) is 23.4. The molecule has 0 spiro atoms. The summed E-state index contributed by atoms with van der Waals surface area (Å²) in [6, 6.07) is 3.99. The lowest BCUT2D eigenvalue weighted by molar-refractivity contribution is 0.367. The molecule has 0 aliphatic heterocycles. The fourth-order valence-electron chi connectivity index (χ4n) is 2.53. The van der Waals surface area contributed by atoms with Crippen LogP contribution < -0.4 is 19.9 Å². The van der Waals surface area contributed by atoms with Crippen LogP contribution in [0.5, 0.6) is 17.2 Å². The lowest BCUT2D eigenvalue weighted by atomic mass is 10.0. The molecular weight excluding hydrogens is 230 g/mol. The minimum Gasteiger partial charge on any atom is -0.496 e. The summed E-state index contributed by atoms with van der Waals surface area (Å²) in [6.07, 6.45) is 1.09. The highest BCUT2D eigenvalue weighted by molar-refractivity contribution is 5.54. The highest BCUT2D eigenvalue weighted by Crippen LogP contribution is 2.55. The standard InChI is InChI=1S/C14H21NO3/c1-8(15)10-7-11(10)14-12(17-3)5-9(16-2)6-13(14)18-4/h5-6,8,10-11H,7,15H2,1-4H3/t8-,10+,11+/m0/s1. The summed E-state index contributed by atoms with van der Waals surface area (Å²) in [6.45, 7) is 2.05. The number of ether oxygens (including phenoxy) is 3. The zero-order chi connectivity index (χ0) is 13.3. The lowest BCUT2D eigenvalue weighted by Gasteiger charge is -2.15. The Kier molecular flexibility index (Phi) is 3.66. The lowest BCUT2D eigenvalue weighted by Crippen LogP contribution is -2.18. The molecule has 0 amide bonds. The van der Waals surface area contributed by atoms with Gasteiger partial charge in [0, 0.05) is 23.7 Å². The fourth-order valence-corrected chi connectivity index (χ4v) is 2.53. The molecule has 0 unspecified atom stereocenters. The number of hydrogen-bond acceptors (Lipinski definition) is 4. The molecule has 4 nitrogen and oxygen atoms in total. The van der Waals surface area contributed by atoms with Crippen molar-refractivity contribution in [3.63, 3.8) is 0 Å². The van der Waals surface area contributed by atoms with Crippen LogP contribution >= 0.6 is 0 Å². The van der Waals surface area contributed by atoms with Gasteiger partial charge in [0.05, 0.1) is 21.3 Å². The van der Waals surface area contributed by atoms with E-state index >= 15 is 0 Å². The monoisotopic (exact) mass is 251 g/mol. The smallest absolute Gasteiger partial charge is 0.129 e. The molecule has 0 bridgehead atoms. The molecule has 100 valence electrons. The van der Waals surface area contributed by atoms with Gasteiger partial charge in [-0.2, -0.15) is 0 Å². The van der Waals surface area contributed by atoms with E-state index in [9.17, 15) is 0 Å². The van der Waals surface area contributed by atoms with E-state index in [1.165, 1.54) is 0 Å². The average molecular weight is 251 g/mol. The first-order chi connectivity index (χ1) is 8.62. The average Bonchev–Trinajstić information content (AvgIpc) is 3.17. The van der Waals surface area contributed by atoms with Gasteiger partial charge in [-0.15, -0.1) is 0 Å². The molecule has 0 aromatic heterocycles. The molecule has 0 radical (unpaired) electrons. The molecule has 1 aromatic carbocycles. The molecule has 0 heterocycles. The van der Waals surface area contributed by atoms with Gasteiger partial charge in [-0.05, 0) is 25.2 Å². The predicted molar refractivity (Wildman–Crippen MR) is 70.6 cm³/mol. The maximum atomic E-state index is 5.96. The summed E-state index contributed by atoms with van der Waals surface area (Å²) in [5.41, 5.74) is 7.07. The van der Waals surface area contributed by atoms with Crippen LogP contribution in [0.2, 0.25) is 0 Å². The van der Waals surface area contributed by atoms with Crippen LogP contribution in [0, 0.1) is 5.92 Å². The topological polar surface area (TPSA) is 53.7 Å². The minimum atomic E-state index is 0.200. The Bertz CT molecular complexity index is 406. The molecule has 1 saturated carbocycles. The minimum absolute atomic E-state index is 0.200. The molecule has 1 aliphatic rings. The van der Waals surface area contributed by atoms with Gasteiger partial charge in [0.25, 0.3) is 0 Å². The summed E-state index contributed by atoms with van der Waals surface area (Å²) in [5.74, 6) is 3.33. The molecule has 3 atom stereocenters. The first kappa shape index (κ1) is 13.0. The van der Waals surface area contributed by atoms with E-state index in [4.69, 9.17) is 19.9 Å². The summed E-state index contributed by atoms with van der Waals surface area (Å²) >= 11 is 0. The third-order valence-electron chi connectivity index (χ3n) is 3.64. The highest BCUT2D eigenvalue weighted by atomic mass is 16.5. The van der Waals surface area contributed by atoms with Crippen molar-refractivity contribution in [2.45, 2.75) is 25.3 Å². The Morgan fingerprint density at radius 2 is 1.67 bits per heavy atom.